The molecule has 1 atom stereocenters. The summed E-state index contributed by atoms with van der Waals surface area (Å²) >= 11 is 0. The van der Waals surface area contributed by atoms with E-state index in [4.69, 9.17) is 4.74 Å². The van der Waals surface area contributed by atoms with Crippen molar-refractivity contribution in [1.29, 1.82) is 0 Å². The van der Waals surface area contributed by atoms with E-state index in [1.165, 1.54) is 25.9 Å². The van der Waals surface area contributed by atoms with E-state index in [1.54, 1.807) is 0 Å². The molecule has 2 rings (SSSR count). The summed E-state index contributed by atoms with van der Waals surface area (Å²) in [5.74, 6) is 1.74. The van der Waals surface area contributed by atoms with E-state index in [0.29, 0.717) is 6.04 Å². The fourth-order valence-electron chi connectivity index (χ4n) is 2.82. The summed E-state index contributed by atoms with van der Waals surface area (Å²) in [5.41, 5.74) is 1.13. The van der Waals surface area contributed by atoms with Crippen LogP contribution in [-0.4, -0.2) is 37.7 Å². The van der Waals surface area contributed by atoms with Gasteiger partial charge in [0.25, 0.3) is 0 Å². The maximum atomic E-state index is 5.82. The molecule has 0 amide bonds. The van der Waals surface area contributed by atoms with Crippen LogP contribution in [0.25, 0.3) is 0 Å². The van der Waals surface area contributed by atoms with E-state index < -0.39 is 0 Å². The third-order valence-electron chi connectivity index (χ3n) is 4.20. The van der Waals surface area contributed by atoms with Gasteiger partial charge >= 0.3 is 0 Å². The molecule has 1 aliphatic rings. The number of hydrogen-bond donors (Lipinski definition) is 1. The number of rotatable bonds is 6. The van der Waals surface area contributed by atoms with Crippen LogP contribution >= 0.6 is 0 Å². The van der Waals surface area contributed by atoms with E-state index >= 15 is 0 Å². The summed E-state index contributed by atoms with van der Waals surface area (Å²) in [6.07, 6.45) is 3.60. The first-order valence-electron chi connectivity index (χ1n) is 7.87. The standard InChI is InChI=1S/C17H28N2O/c1-4-13-20-17-8-6-5-7-16(17)18-14(2)15-9-11-19(3)12-10-15/h5-8,14-15,18H,4,9-13H2,1-3H3. The molecule has 1 aromatic carbocycles. The summed E-state index contributed by atoms with van der Waals surface area (Å²) < 4.78 is 5.82. The van der Waals surface area contributed by atoms with Crippen LogP contribution in [0.15, 0.2) is 24.3 Å². The molecule has 1 N–H and O–H groups in total. The zero-order chi connectivity index (χ0) is 14.4. The Morgan fingerprint density at radius 1 is 1.30 bits per heavy atom. The Bertz CT molecular complexity index is 400. The van der Waals surface area contributed by atoms with Crippen LogP contribution in [0.5, 0.6) is 5.75 Å². The van der Waals surface area contributed by atoms with Crippen LogP contribution < -0.4 is 10.1 Å². The minimum absolute atomic E-state index is 0.495. The molecular formula is C17H28N2O. The monoisotopic (exact) mass is 276 g/mol. The lowest BCUT2D eigenvalue weighted by Crippen LogP contribution is -2.37. The Balaban J connectivity index is 1.94. The first-order valence-corrected chi connectivity index (χ1v) is 7.87. The van der Waals surface area contributed by atoms with Crippen molar-refractivity contribution >= 4 is 5.69 Å². The molecule has 1 saturated heterocycles. The topological polar surface area (TPSA) is 24.5 Å². The molecule has 0 radical (unpaired) electrons. The summed E-state index contributed by atoms with van der Waals surface area (Å²) in [7, 11) is 2.21. The predicted octanol–water partition coefficient (Wildman–Crippen LogP) is 3.62. The first kappa shape index (κ1) is 15.2. The van der Waals surface area contributed by atoms with Gasteiger partial charge in [-0.05, 0) is 64.4 Å². The molecule has 112 valence electrons. The highest BCUT2D eigenvalue weighted by Gasteiger charge is 2.22. The van der Waals surface area contributed by atoms with Gasteiger partial charge in [0.2, 0.25) is 0 Å². The number of nitrogens with one attached hydrogen (secondary N) is 1. The van der Waals surface area contributed by atoms with Gasteiger partial charge in [-0.15, -0.1) is 0 Å². The van der Waals surface area contributed by atoms with Gasteiger partial charge in [-0.1, -0.05) is 19.1 Å². The Morgan fingerprint density at radius 3 is 2.70 bits per heavy atom. The minimum Gasteiger partial charge on any atom is -0.491 e. The van der Waals surface area contributed by atoms with E-state index in [9.17, 15) is 0 Å². The average molecular weight is 276 g/mol. The van der Waals surface area contributed by atoms with Crippen molar-refractivity contribution in [2.75, 3.05) is 32.1 Å². The number of piperidine rings is 1. The van der Waals surface area contributed by atoms with Gasteiger partial charge in [0, 0.05) is 6.04 Å². The van der Waals surface area contributed by atoms with Crippen LogP contribution in [0.3, 0.4) is 0 Å². The van der Waals surface area contributed by atoms with Gasteiger partial charge < -0.3 is 15.0 Å². The van der Waals surface area contributed by atoms with Gasteiger partial charge in [0.05, 0.1) is 12.3 Å². The quantitative estimate of drug-likeness (QED) is 0.859. The van der Waals surface area contributed by atoms with Crippen LogP contribution in [0.2, 0.25) is 0 Å². The highest BCUT2D eigenvalue weighted by atomic mass is 16.5. The van der Waals surface area contributed by atoms with E-state index in [0.717, 1.165) is 30.4 Å². The van der Waals surface area contributed by atoms with Crippen molar-refractivity contribution in [3.05, 3.63) is 24.3 Å². The van der Waals surface area contributed by atoms with Crippen LogP contribution in [0.4, 0.5) is 5.69 Å². The summed E-state index contributed by atoms with van der Waals surface area (Å²) in [4.78, 5) is 2.42. The minimum atomic E-state index is 0.495. The lowest BCUT2D eigenvalue weighted by Gasteiger charge is -2.33. The number of benzene rings is 1. The average Bonchev–Trinajstić information content (AvgIpc) is 2.47. The van der Waals surface area contributed by atoms with Crippen molar-refractivity contribution in [3.8, 4) is 5.75 Å². The molecule has 1 aromatic rings. The predicted molar refractivity (Wildman–Crippen MR) is 85.5 cm³/mol. The maximum absolute atomic E-state index is 5.82. The van der Waals surface area contributed by atoms with Gasteiger partial charge in [0.1, 0.15) is 5.75 Å². The van der Waals surface area contributed by atoms with Crippen molar-refractivity contribution in [3.63, 3.8) is 0 Å². The normalized spacial score (nSPS) is 18.8. The lowest BCUT2D eigenvalue weighted by molar-refractivity contribution is 0.208. The number of hydrogen-bond acceptors (Lipinski definition) is 3. The highest BCUT2D eigenvalue weighted by Crippen LogP contribution is 2.28. The second-order valence-electron chi connectivity index (χ2n) is 5.92. The number of nitrogens with zero attached hydrogens (tertiary/aromatic N) is 1. The number of ether oxygens (including phenoxy) is 1. The second-order valence-corrected chi connectivity index (χ2v) is 5.92. The summed E-state index contributed by atoms with van der Waals surface area (Å²) in [5, 5.41) is 3.66. The molecular weight excluding hydrogens is 248 g/mol. The van der Waals surface area contributed by atoms with Crippen LogP contribution in [0.1, 0.15) is 33.1 Å². The second kappa shape index (κ2) is 7.53. The zero-order valence-electron chi connectivity index (χ0n) is 13.1. The molecule has 0 bridgehead atoms. The van der Waals surface area contributed by atoms with E-state index in [-0.39, 0.29) is 0 Å². The number of para-hydroxylation sites is 2. The van der Waals surface area contributed by atoms with Crippen molar-refractivity contribution in [1.82, 2.24) is 4.90 Å². The molecule has 0 saturated carbocycles. The summed E-state index contributed by atoms with van der Waals surface area (Å²) in [6, 6.07) is 8.78. The lowest BCUT2D eigenvalue weighted by atomic mass is 9.90. The molecule has 0 spiro atoms. The molecule has 0 aromatic heterocycles. The molecule has 1 unspecified atom stereocenters. The Morgan fingerprint density at radius 2 is 2.00 bits per heavy atom. The summed E-state index contributed by atoms with van der Waals surface area (Å²) in [6.45, 7) is 7.64. The zero-order valence-corrected chi connectivity index (χ0v) is 13.1. The number of likely N-dealkylation sites (tertiary alicyclic amines) is 1. The third kappa shape index (κ3) is 4.14. The first-order chi connectivity index (χ1) is 9.70. The van der Waals surface area contributed by atoms with Gasteiger partial charge in [-0.25, -0.2) is 0 Å². The SMILES string of the molecule is CCCOc1ccccc1NC(C)C1CCN(C)CC1. The largest absolute Gasteiger partial charge is 0.491 e. The fraction of sp³-hybridized carbons (Fsp3) is 0.647. The smallest absolute Gasteiger partial charge is 0.142 e. The molecule has 1 aliphatic heterocycles. The van der Waals surface area contributed by atoms with Crippen molar-refractivity contribution < 1.29 is 4.74 Å². The molecule has 3 heteroatoms. The molecule has 3 nitrogen and oxygen atoms in total. The Hall–Kier alpha value is -1.22. The van der Waals surface area contributed by atoms with Crippen molar-refractivity contribution in [2.45, 2.75) is 39.2 Å². The molecule has 0 aliphatic carbocycles. The maximum Gasteiger partial charge on any atom is 0.142 e. The molecule has 20 heavy (non-hydrogen) atoms. The Labute approximate surface area is 123 Å². The van der Waals surface area contributed by atoms with Gasteiger partial charge in [0.15, 0.2) is 0 Å². The van der Waals surface area contributed by atoms with Gasteiger partial charge in [-0.2, -0.15) is 0 Å². The van der Waals surface area contributed by atoms with E-state index in [1.807, 2.05) is 6.07 Å². The highest BCUT2D eigenvalue weighted by molar-refractivity contribution is 5.56. The van der Waals surface area contributed by atoms with Gasteiger partial charge in [-0.3, -0.25) is 0 Å². The van der Waals surface area contributed by atoms with E-state index in [2.05, 4.69) is 49.3 Å². The molecule has 1 heterocycles. The van der Waals surface area contributed by atoms with Crippen LogP contribution in [0, 0.1) is 5.92 Å². The van der Waals surface area contributed by atoms with Crippen molar-refractivity contribution in [2.24, 2.45) is 5.92 Å². The van der Waals surface area contributed by atoms with Crippen LogP contribution in [-0.2, 0) is 0 Å². The third-order valence-corrected chi connectivity index (χ3v) is 4.20. The fourth-order valence-corrected chi connectivity index (χ4v) is 2.82. The Kier molecular flexibility index (Phi) is 5.72. The number of anilines is 1. The molecule has 1 fully saturated rings.